The number of hydrogen-bond acceptors (Lipinski definition) is 1. The second-order valence-electron chi connectivity index (χ2n) is 8.48. The average molecular weight is 290 g/mol. The molecule has 0 heterocycles. The van der Waals surface area contributed by atoms with Crippen molar-refractivity contribution in [2.45, 2.75) is 88.6 Å². The van der Waals surface area contributed by atoms with Crippen molar-refractivity contribution in [3.8, 4) is 0 Å². The average Bonchev–Trinajstić information content (AvgIpc) is 2.64. The Morgan fingerprint density at radius 1 is 0.810 bits per heavy atom. The molecule has 2 N–H and O–H groups in total. The molecular formula is C18H30N2O. The number of nitrogens with one attached hydrogen (secondary N) is 2. The van der Waals surface area contributed by atoms with Crippen LogP contribution in [0.5, 0.6) is 0 Å². The fraction of sp³-hybridized carbons (Fsp3) is 0.944. The Kier molecular flexibility index (Phi) is 3.63. The zero-order chi connectivity index (χ0) is 14.3. The molecule has 5 saturated carbocycles. The summed E-state index contributed by atoms with van der Waals surface area (Å²) in [6, 6.07) is 0.547. The van der Waals surface area contributed by atoms with Gasteiger partial charge in [0.25, 0.3) is 0 Å². The van der Waals surface area contributed by atoms with E-state index in [0.717, 1.165) is 17.8 Å². The second kappa shape index (κ2) is 5.48. The van der Waals surface area contributed by atoms with E-state index in [1.54, 1.807) is 0 Å². The lowest BCUT2D eigenvalue weighted by Crippen LogP contribution is -2.62. The van der Waals surface area contributed by atoms with Crippen molar-refractivity contribution < 1.29 is 4.79 Å². The molecule has 5 aliphatic carbocycles. The standard InChI is InChI=1S/C18H30N2O/c21-17(19-16-5-3-1-2-4-6-16)20-18-10-13-7-14(11-18)9-15(8-13)12-18/h13-16H,1-12H2,(H2,19,20,21). The molecule has 0 aromatic heterocycles. The Balaban J connectivity index is 1.35. The van der Waals surface area contributed by atoms with E-state index >= 15 is 0 Å². The number of urea groups is 1. The highest BCUT2D eigenvalue weighted by molar-refractivity contribution is 5.75. The number of carbonyl (C=O) groups excluding carboxylic acids is 1. The lowest BCUT2D eigenvalue weighted by Gasteiger charge is -2.56. The molecule has 3 heteroatoms. The van der Waals surface area contributed by atoms with Gasteiger partial charge in [0, 0.05) is 11.6 Å². The summed E-state index contributed by atoms with van der Waals surface area (Å²) in [5.41, 5.74) is 0.156. The van der Waals surface area contributed by atoms with Crippen LogP contribution >= 0.6 is 0 Å². The molecule has 0 unspecified atom stereocenters. The van der Waals surface area contributed by atoms with E-state index in [-0.39, 0.29) is 11.6 Å². The van der Waals surface area contributed by atoms with Crippen molar-refractivity contribution >= 4 is 6.03 Å². The molecule has 5 aliphatic rings. The number of rotatable bonds is 2. The van der Waals surface area contributed by atoms with Gasteiger partial charge in [-0.3, -0.25) is 0 Å². The summed E-state index contributed by atoms with van der Waals surface area (Å²) >= 11 is 0. The maximum Gasteiger partial charge on any atom is 0.315 e. The number of hydrogen-bond donors (Lipinski definition) is 2. The van der Waals surface area contributed by atoms with Gasteiger partial charge in [-0.15, -0.1) is 0 Å². The monoisotopic (exact) mass is 290 g/mol. The summed E-state index contributed by atoms with van der Waals surface area (Å²) in [6.07, 6.45) is 15.6. The van der Waals surface area contributed by atoms with E-state index in [2.05, 4.69) is 10.6 Å². The normalized spacial score (nSPS) is 42.6. The third kappa shape index (κ3) is 2.93. The van der Waals surface area contributed by atoms with Gasteiger partial charge in [0.1, 0.15) is 0 Å². The first kappa shape index (κ1) is 13.9. The highest BCUT2D eigenvalue weighted by atomic mass is 16.2. The van der Waals surface area contributed by atoms with Crippen molar-refractivity contribution in [2.75, 3.05) is 0 Å². The van der Waals surface area contributed by atoms with Gasteiger partial charge in [-0.2, -0.15) is 0 Å². The van der Waals surface area contributed by atoms with Gasteiger partial charge in [0.15, 0.2) is 0 Å². The predicted octanol–water partition coefficient (Wildman–Crippen LogP) is 3.98. The largest absolute Gasteiger partial charge is 0.335 e. The third-order valence-electron chi connectivity index (χ3n) is 6.61. The van der Waals surface area contributed by atoms with Crippen molar-refractivity contribution in [2.24, 2.45) is 17.8 Å². The van der Waals surface area contributed by atoms with E-state index in [0.29, 0.717) is 6.04 Å². The Hall–Kier alpha value is -0.730. The zero-order valence-electron chi connectivity index (χ0n) is 13.2. The van der Waals surface area contributed by atoms with Crippen LogP contribution < -0.4 is 10.6 Å². The van der Waals surface area contributed by atoms with Crippen molar-refractivity contribution in [1.82, 2.24) is 10.6 Å². The Bertz CT molecular complexity index is 363. The first-order valence-corrected chi connectivity index (χ1v) is 9.29. The molecule has 5 fully saturated rings. The van der Waals surface area contributed by atoms with Gasteiger partial charge in [0.05, 0.1) is 0 Å². The molecule has 0 radical (unpaired) electrons. The van der Waals surface area contributed by atoms with Crippen LogP contribution in [0, 0.1) is 17.8 Å². The molecule has 0 aromatic carbocycles. The fourth-order valence-electron chi connectivity index (χ4n) is 6.15. The SMILES string of the molecule is O=C(NC1CCCCCC1)NC12CC3CC(CC(C3)C1)C2. The summed E-state index contributed by atoms with van der Waals surface area (Å²) in [6.45, 7) is 0. The minimum Gasteiger partial charge on any atom is -0.335 e. The summed E-state index contributed by atoms with van der Waals surface area (Å²) in [5, 5.41) is 6.73. The predicted molar refractivity (Wildman–Crippen MR) is 84.1 cm³/mol. The molecule has 2 amide bonds. The van der Waals surface area contributed by atoms with Crippen LogP contribution in [0.25, 0.3) is 0 Å². The minimum absolute atomic E-state index is 0.129. The summed E-state index contributed by atoms with van der Waals surface area (Å²) < 4.78 is 0. The summed E-state index contributed by atoms with van der Waals surface area (Å²) in [5.74, 6) is 2.69. The van der Waals surface area contributed by atoms with Gasteiger partial charge in [-0.05, 0) is 69.1 Å². The van der Waals surface area contributed by atoms with Crippen LogP contribution in [0.2, 0.25) is 0 Å². The molecule has 0 aliphatic heterocycles. The van der Waals surface area contributed by atoms with Crippen LogP contribution in [0.15, 0.2) is 0 Å². The van der Waals surface area contributed by atoms with E-state index in [4.69, 9.17) is 0 Å². The van der Waals surface area contributed by atoms with Gasteiger partial charge >= 0.3 is 6.03 Å². The van der Waals surface area contributed by atoms with Gasteiger partial charge in [0.2, 0.25) is 0 Å². The Morgan fingerprint density at radius 2 is 1.33 bits per heavy atom. The van der Waals surface area contributed by atoms with E-state index in [9.17, 15) is 4.79 Å². The molecular weight excluding hydrogens is 260 g/mol. The van der Waals surface area contributed by atoms with Crippen molar-refractivity contribution in [1.29, 1.82) is 0 Å². The highest BCUT2D eigenvalue weighted by Gasteiger charge is 2.51. The first-order valence-electron chi connectivity index (χ1n) is 9.29. The third-order valence-corrected chi connectivity index (χ3v) is 6.61. The van der Waals surface area contributed by atoms with Crippen LogP contribution in [0.3, 0.4) is 0 Å². The zero-order valence-corrected chi connectivity index (χ0v) is 13.2. The van der Waals surface area contributed by atoms with E-state index < -0.39 is 0 Å². The summed E-state index contributed by atoms with van der Waals surface area (Å²) in [4.78, 5) is 12.5. The number of amides is 2. The lowest BCUT2D eigenvalue weighted by molar-refractivity contribution is -0.0136. The minimum atomic E-state index is 0.129. The molecule has 0 aromatic rings. The Morgan fingerprint density at radius 3 is 1.86 bits per heavy atom. The molecule has 0 atom stereocenters. The van der Waals surface area contributed by atoms with E-state index in [1.165, 1.54) is 77.0 Å². The van der Waals surface area contributed by atoms with Crippen LogP contribution in [-0.4, -0.2) is 17.6 Å². The maximum absolute atomic E-state index is 12.5. The topological polar surface area (TPSA) is 41.1 Å². The lowest BCUT2D eigenvalue weighted by atomic mass is 9.53. The quantitative estimate of drug-likeness (QED) is 0.742. The molecule has 118 valence electrons. The highest BCUT2D eigenvalue weighted by Crippen LogP contribution is 2.55. The molecule has 0 saturated heterocycles. The van der Waals surface area contributed by atoms with Crippen LogP contribution in [0.1, 0.15) is 77.0 Å². The first-order chi connectivity index (χ1) is 10.2. The smallest absolute Gasteiger partial charge is 0.315 e. The van der Waals surface area contributed by atoms with Gasteiger partial charge in [-0.1, -0.05) is 25.7 Å². The van der Waals surface area contributed by atoms with Gasteiger partial charge < -0.3 is 10.6 Å². The molecule has 3 nitrogen and oxygen atoms in total. The van der Waals surface area contributed by atoms with Crippen LogP contribution in [-0.2, 0) is 0 Å². The molecule has 21 heavy (non-hydrogen) atoms. The molecule has 0 spiro atoms. The van der Waals surface area contributed by atoms with Gasteiger partial charge in [-0.25, -0.2) is 4.79 Å². The van der Waals surface area contributed by atoms with Crippen molar-refractivity contribution in [3.05, 3.63) is 0 Å². The van der Waals surface area contributed by atoms with E-state index in [1.807, 2.05) is 0 Å². The molecule has 4 bridgehead atoms. The summed E-state index contributed by atoms with van der Waals surface area (Å²) in [7, 11) is 0. The Labute approximate surface area is 128 Å². The second-order valence-corrected chi connectivity index (χ2v) is 8.48. The number of carbonyl (C=O) groups is 1. The fourth-order valence-corrected chi connectivity index (χ4v) is 6.15. The maximum atomic E-state index is 12.5. The molecule has 5 rings (SSSR count). The van der Waals surface area contributed by atoms with Crippen LogP contribution in [0.4, 0.5) is 4.79 Å². The van der Waals surface area contributed by atoms with Crippen molar-refractivity contribution in [3.63, 3.8) is 0 Å².